The molecule has 1 saturated heterocycles. The van der Waals surface area contributed by atoms with E-state index in [1.807, 2.05) is 6.07 Å². The fourth-order valence-corrected chi connectivity index (χ4v) is 2.25. The van der Waals surface area contributed by atoms with Crippen molar-refractivity contribution in [1.29, 1.82) is 0 Å². The number of ether oxygens (including phenoxy) is 1. The van der Waals surface area contributed by atoms with E-state index in [0.29, 0.717) is 17.8 Å². The quantitative estimate of drug-likeness (QED) is 0.549. The summed E-state index contributed by atoms with van der Waals surface area (Å²) in [7, 11) is 0. The minimum Gasteiger partial charge on any atom is -0.376 e. The highest BCUT2D eigenvalue weighted by atomic mass is 16.5. The Bertz CT molecular complexity index is 434. The number of hydrazine groups is 1. The third kappa shape index (κ3) is 2.39. The molecule has 1 aromatic heterocycles. The predicted molar refractivity (Wildman–Crippen MR) is 69.3 cm³/mol. The summed E-state index contributed by atoms with van der Waals surface area (Å²) in [5.74, 6) is 8.35. The second-order valence-corrected chi connectivity index (χ2v) is 5.03. The number of anilines is 2. The van der Waals surface area contributed by atoms with Crippen molar-refractivity contribution in [3.05, 3.63) is 11.9 Å². The van der Waals surface area contributed by atoms with Gasteiger partial charge in [0.2, 0.25) is 0 Å². The Morgan fingerprint density at radius 1 is 1.28 bits per heavy atom. The highest BCUT2D eigenvalue weighted by Gasteiger charge is 2.28. The lowest BCUT2D eigenvalue weighted by atomic mass is 10.1. The Morgan fingerprint density at radius 3 is 2.67 bits per heavy atom. The van der Waals surface area contributed by atoms with E-state index in [1.54, 1.807) is 0 Å². The first-order valence-corrected chi connectivity index (χ1v) is 6.50. The molecule has 0 bridgehead atoms. The van der Waals surface area contributed by atoms with Gasteiger partial charge in [-0.15, -0.1) is 0 Å². The largest absolute Gasteiger partial charge is 0.376 e. The Kier molecular flexibility index (Phi) is 3.05. The zero-order valence-electron chi connectivity index (χ0n) is 10.5. The normalized spacial score (nSPS) is 27.2. The molecule has 3 rings (SSSR count). The summed E-state index contributed by atoms with van der Waals surface area (Å²) in [4.78, 5) is 8.96. The molecule has 0 spiro atoms. The summed E-state index contributed by atoms with van der Waals surface area (Å²) in [5.41, 5.74) is 2.60. The van der Waals surface area contributed by atoms with Crippen molar-refractivity contribution in [1.82, 2.24) is 9.97 Å². The van der Waals surface area contributed by atoms with E-state index in [4.69, 9.17) is 10.6 Å². The molecule has 4 N–H and O–H groups in total. The Labute approximate surface area is 106 Å². The molecule has 18 heavy (non-hydrogen) atoms. The van der Waals surface area contributed by atoms with Gasteiger partial charge in [0.1, 0.15) is 17.5 Å². The monoisotopic (exact) mass is 249 g/mol. The summed E-state index contributed by atoms with van der Waals surface area (Å²) >= 11 is 0. The van der Waals surface area contributed by atoms with Gasteiger partial charge in [-0.3, -0.25) is 0 Å². The first-order chi connectivity index (χ1) is 8.76. The topological polar surface area (TPSA) is 85.1 Å². The Morgan fingerprint density at radius 2 is 2.06 bits per heavy atom. The van der Waals surface area contributed by atoms with Crippen molar-refractivity contribution in [2.24, 2.45) is 5.84 Å². The minimum atomic E-state index is 0.221. The van der Waals surface area contributed by atoms with Crippen molar-refractivity contribution in [3.8, 4) is 0 Å². The molecular formula is C12H19N5O. The summed E-state index contributed by atoms with van der Waals surface area (Å²) in [6, 6.07) is 2.16. The van der Waals surface area contributed by atoms with Crippen LogP contribution in [0.1, 0.15) is 37.9 Å². The average Bonchev–Trinajstić information content (AvgIpc) is 3.15. The van der Waals surface area contributed by atoms with Crippen LogP contribution in [0.4, 0.5) is 11.6 Å². The summed E-state index contributed by atoms with van der Waals surface area (Å²) < 4.78 is 5.54. The van der Waals surface area contributed by atoms with Crippen LogP contribution in [0, 0.1) is 0 Å². The molecule has 6 nitrogen and oxygen atoms in total. The Hall–Kier alpha value is -1.40. The van der Waals surface area contributed by atoms with Crippen molar-refractivity contribution >= 4 is 11.6 Å². The lowest BCUT2D eigenvalue weighted by molar-refractivity contribution is 0.121. The molecule has 2 unspecified atom stereocenters. The van der Waals surface area contributed by atoms with Crippen LogP contribution in [0.5, 0.6) is 0 Å². The lowest BCUT2D eigenvalue weighted by Crippen LogP contribution is -2.27. The third-order valence-corrected chi connectivity index (χ3v) is 3.54. The zero-order valence-corrected chi connectivity index (χ0v) is 10.5. The van der Waals surface area contributed by atoms with E-state index in [2.05, 4.69) is 27.6 Å². The fraction of sp³-hybridized carbons (Fsp3) is 0.667. The number of hydrogen-bond acceptors (Lipinski definition) is 6. The molecule has 1 aliphatic carbocycles. The lowest BCUT2D eigenvalue weighted by Gasteiger charge is -2.17. The zero-order chi connectivity index (χ0) is 12.5. The van der Waals surface area contributed by atoms with Gasteiger partial charge in [-0.05, 0) is 26.2 Å². The van der Waals surface area contributed by atoms with E-state index >= 15 is 0 Å². The number of nitrogen functional groups attached to an aromatic ring is 1. The maximum Gasteiger partial charge on any atom is 0.145 e. The van der Waals surface area contributed by atoms with Crippen LogP contribution >= 0.6 is 0 Å². The van der Waals surface area contributed by atoms with Gasteiger partial charge in [0, 0.05) is 18.6 Å². The van der Waals surface area contributed by atoms with E-state index in [-0.39, 0.29) is 6.10 Å². The maximum atomic E-state index is 5.54. The number of nitrogens with two attached hydrogens (primary N) is 1. The van der Waals surface area contributed by atoms with E-state index in [9.17, 15) is 0 Å². The van der Waals surface area contributed by atoms with Crippen LogP contribution in [-0.2, 0) is 4.74 Å². The Balaban J connectivity index is 1.79. The molecule has 1 aromatic rings. The molecule has 2 aliphatic rings. The molecule has 2 heterocycles. The first-order valence-electron chi connectivity index (χ1n) is 6.50. The maximum absolute atomic E-state index is 5.54. The summed E-state index contributed by atoms with van der Waals surface area (Å²) in [6.45, 7) is 2.89. The minimum absolute atomic E-state index is 0.221. The molecule has 0 amide bonds. The van der Waals surface area contributed by atoms with E-state index in [1.165, 1.54) is 12.8 Å². The summed E-state index contributed by atoms with van der Waals surface area (Å²) in [6.07, 6.45) is 3.58. The van der Waals surface area contributed by atoms with Crippen LogP contribution in [0.2, 0.25) is 0 Å². The van der Waals surface area contributed by atoms with Crippen LogP contribution < -0.4 is 16.6 Å². The molecule has 2 fully saturated rings. The highest BCUT2D eigenvalue weighted by Crippen LogP contribution is 2.38. The smallest absolute Gasteiger partial charge is 0.145 e. The van der Waals surface area contributed by atoms with Crippen LogP contribution in [0.3, 0.4) is 0 Å². The highest BCUT2D eigenvalue weighted by molar-refractivity contribution is 5.48. The number of nitrogens with one attached hydrogen (secondary N) is 2. The second-order valence-electron chi connectivity index (χ2n) is 5.03. The fourth-order valence-electron chi connectivity index (χ4n) is 2.25. The molecule has 0 aromatic carbocycles. The number of aromatic nitrogens is 2. The molecular weight excluding hydrogens is 230 g/mol. The second kappa shape index (κ2) is 4.70. The average molecular weight is 249 g/mol. The van der Waals surface area contributed by atoms with E-state index < -0.39 is 0 Å². The van der Waals surface area contributed by atoms with E-state index in [0.717, 1.165) is 24.7 Å². The predicted octanol–water partition coefficient (Wildman–Crippen LogP) is 1.23. The van der Waals surface area contributed by atoms with Crippen molar-refractivity contribution in [2.45, 2.75) is 44.2 Å². The van der Waals surface area contributed by atoms with Crippen molar-refractivity contribution in [2.75, 3.05) is 17.3 Å². The van der Waals surface area contributed by atoms with Crippen LogP contribution in [0.15, 0.2) is 6.07 Å². The number of rotatable bonds is 4. The first kappa shape index (κ1) is 11.7. The van der Waals surface area contributed by atoms with Gasteiger partial charge < -0.3 is 15.5 Å². The number of nitrogens with zero attached hydrogens (tertiary/aromatic N) is 2. The molecule has 2 atom stereocenters. The third-order valence-electron chi connectivity index (χ3n) is 3.54. The molecule has 98 valence electrons. The van der Waals surface area contributed by atoms with Gasteiger partial charge in [0.25, 0.3) is 0 Å². The van der Waals surface area contributed by atoms with Crippen molar-refractivity contribution in [3.63, 3.8) is 0 Å². The molecule has 1 aliphatic heterocycles. The molecule has 6 heteroatoms. The SMILES string of the molecule is CC1OCCC1Nc1cc(NN)nc(C2CC2)n1. The van der Waals surface area contributed by atoms with Gasteiger partial charge in [0.05, 0.1) is 12.1 Å². The van der Waals surface area contributed by atoms with Crippen molar-refractivity contribution < 1.29 is 4.74 Å². The van der Waals surface area contributed by atoms with Crippen LogP contribution in [0.25, 0.3) is 0 Å². The van der Waals surface area contributed by atoms with Gasteiger partial charge in [-0.1, -0.05) is 0 Å². The molecule has 1 saturated carbocycles. The number of hydrogen-bond donors (Lipinski definition) is 3. The summed E-state index contributed by atoms with van der Waals surface area (Å²) in [5, 5.41) is 3.42. The standard InChI is InChI=1S/C12H19N5O/c1-7-9(4-5-18-7)14-10-6-11(17-13)16-12(15-10)8-2-3-8/h6-9H,2-5,13H2,1H3,(H2,14,15,16,17). The van der Waals surface area contributed by atoms with Gasteiger partial charge in [-0.25, -0.2) is 15.8 Å². The van der Waals surface area contributed by atoms with Gasteiger partial charge >= 0.3 is 0 Å². The van der Waals surface area contributed by atoms with Crippen LogP contribution in [-0.4, -0.2) is 28.7 Å². The van der Waals surface area contributed by atoms with Gasteiger partial charge in [-0.2, -0.15) is 0 Å². The molecule has 0 radical (unpaired) electrons. The van der Waals surface area contributed by atoms with Gasteiger partial charge in [0.15, 0.2) is 0 Å².